The molecule has 6 heteroatoms. The van der Waals surface area contributed by atoms with Crippen molar-refractivity contribution in [2.75, 3.05) is 6.54 Å². The number of aryl methyl sites for hydroxylation is 1. The van der Waals surface area contributed by atoms with Gasteiger partial charge in [0.15, 0.2) is 5.69 Å². The van der Waals surface area contributed by atoms with Crippen LogP contribution in [0.15, 0.2) is 54.7 Å². The highest BCUT2D eigenvalue weighted by Gasteiger charge is 2.18. The Bertz CT molecular complexity index is 873. The minimum atomic E-state index is -0.314. The monoisotopic (exact) mass is 338 g/mol. The van der Waals surface area contributed by atoms with Gasteiger partial charge in [0.05, 0.1) is 11.9 Å². The van der Waals surface area contributed by atoms with E-state index in [4.69, 9.17) is 0 Å². The van der Waals surface area contributed by atoms with Crippen molar-refractivity contribution in [1.29, 1.82) is 0 Å². The van der Waals surface area contributed by atoms with Gasteiger partial charge >= 0.3 is 0 Å². The fraction of sp³-hybridized carbons (Fsp3) is 0.211. The third kappa shape index (κ3) is 3.91. The molecule has 0 saturated heterocycles. The average Bonchev–Trinajstić information content (AvgIpc) is 3.10. The van der Waals surface area contributed by atoms with Gasteiger partial charge in [0.25, 0.3) is 5.91 Å². The zero-order valence-corrected chi connectivity index (χ0v) is 14.2. The Balaban J connectivity index is 1.78. The molecule has 0 N–H and O–H groups in total. The Morgan fingerprint density at radius 2 is 1.96 bits per heavy atom. The normalized spacial score (nSPS) is 10.7. The molecule has 0 bridgehead atoms. The van der Waals surface area contributed by atoms with Crippen molar-refractivity contribution >= 4 is 5.91 Å². The molecule has 2 aromatic carbocycles. The van der Waals surface area contributed by atoms with Crippen molar-refractivity contribution in [2.24, 2.45) is 0 Å². The van der Waals surface area contributed by atoms with E-state index in [1.54, 1.807) is 27.9 Å². The fourth-order valence-corrected chi connectivity index (χ4v) is 2.53. The molecule has 5 nitrogen and oxygen atoms in total. The SMILES string of the molecule is CCN(Cc1cccc(F)c1)C(=O)c1cn(-c2ccc(C)cc2)nn1. The van der Waals surface area contributed by atoms with Crippen LogP contribution in [0.25, 0.3) is 5.69 Å². The van der Waals surface area contributed by atoms with Crippen LogP contribution in [0.5, 0.6) is 0 Å². The molecule has 3 rings (SSSR count). The number of hydrogen-bond donors (Lipinski definition) is 0. The highest BCUT2D eigenvalue weighted by Crippen LogP contribution is 2.12. The number of amides is 1. The van der Waals surface area contributed by atoms with Crippen molar-refractivity contribution in [1.82, 2.24) is 19.9 Å². The van der Waals surface area contributed by atoms with Crippen LogP contribution in [0.2, 0.25) is 0 Å². The predicted molar refractivity (Wildman–Crippen MR) is 92.9 cm³/mol. The number of rotatable bonds is 5. The fourth-order valence-electron chi connectivity index (χ4n) is 2.53. The van der Waals surface area contributed by atoms with Crippen LogP contribution < -0.4 is 0 Å². The lowest BCUT2D eigenvalue weighted by molar-refractivity contribution is 0.0746. The number of benzene rings is 2. The van der Waals surface area contributed by atoms with Gasteiger partial charge in [0.2, 0.25) is 0 Å². The summed E-state index contributed by atoms with van der Waals surface area (Å²) in [5, 5.41) is 8.02. The van der Waals surface area contributed by atoms with E-state index in [-0.39, 0.29) is 17.4 Å². The van der Waals surface area contributed by atoms with Gasteiger partial charge in [-0.05, 0) is 43.7 Å². The van der Waals surface area contributed by atoms with Gasteiger partial charge in [-0.2, -0.15) is 0 Å². The zero-order valence-electron chi connectivity index (χ0n) is 14.2. The molecule has 0 spiro atoms. The second-order valence-electron chi connectivity index (χ2n) is 5.83. The molecule has 0 radical (unpaired) electrons. The van der Waals surface area contributed by atoms with Crippen molar-refractivity contribution in [3.8, 4) is 5.69 Å². The third-order valence-corrected chi connectivity index (χ3v) is 3.94. The van der Waals surface area contributed by atoms with Crippen LogP contribution in [-0.4, -0.2) is 32.3 Å². The maximum atomic E-state index is 13.3. The Labute approximate surface area is 145 Å². The summed E-state index contributed by atoms with van der Waals surface area (Å²) in [6.45, 7) is 4.70. The molecule has 0 aliphatic heterocycles. The topological polar surface area (TPSA) is 51.0 Å². The number of aromatic nitrogens is 3. The second-order valence-corrected chi connectivity index (χ2v) is 5.83. The summed E-state index contributed by atoms with van der Waals surface area (Å²) in [6.07, 6.45) is 1.61. The molecule has 0 saturated carbocycles. The highest BCUT2D eigenvalue weighted by molar-refractivity contribution is 5.92. The van der Waals surface area contributed by atoms with Gasteiger partial charge in [-0.3, -0.25) is 4.79 Å². The summed E-state index contributed by atoms with van der Waals surface area (Å²) in [5.74, 6) is -0.545. The van der Waals surface area contributed by atoms with E-state index in [0.717, 1.165) is 16.8 Å². The van der Waals surface area contributed by atoms with Gasteiger partial charge in [-0.25, -0.2) is 9.07 Å². The standard InChI is InChI=1S/C19H19FN4O/c1-3-23(12-15-5-4-6-16(20)11-15)19(25)18-13-24(22-21-18)17-9-7-14(2)8-10-17/h4-11,13H,3,12H2,1-2H3. The Morgan fingerprint density at radius 3 is 2.64 bits per heavy atom. The van der Waals surface area contributed by atoms with Crippen LogP contribution in [0.1, 0.15) is 28.5 Å². The van der Waals surface area contributed by atoms with Gasteiger partial charge in [0.1, 0.15) is 5.82 Å². The maximum Gasteiger partial charge on any atom is 0.276 e. The quantitative estimate of drug-likeness (QED) is 0.717. The summed E-state index contributed by atoms with van der Waals surface area (Å²) in [4.78, 5) is 14.3. The van der Waals surface area contributed by atoms with Crippen molar-refractivity contribution in [3.63, 3.8) is 0 Å². The Hall–Kier alpha value is -3.02. The molecule has 0 aliphatic carbocycles. The summed E-state index contributed by atoms with van der Waals surface area (Å²) in [5.41, 5.74) is 2.98. The molecule has 0 atom stereocenters. The molecule has 0 fully saturated rings. The van der Waals surface area contributed by atoms with Gasteiger partial charge in [0, 0.05) is 13.1 Å². The molecule has 0 unspecified atom stereocenters. The first kappa shape index (κ1) is 16.8. The number of hydrogen-bond acceptors (Lipinski definition) is 3. The largest absolute Gasteiger partial charge is 0.333 e. The summed E-state index contributed by atoms with van der Waals surface area (Å²) in [7, 11) is 0. The maximum absolute atomic E-state index is 13.3. The smallest absolute Gasteiger partial charge is 0.276 e. The summed E-state index contributed by atoms with van der Waals surface area (Å²) < 4.78 is 14.9. The van der Waals surface area contributed by atoms with Crippen LogP contribution in [0.3, 0.4) is 0 Å². The van der Waals surface area contributed by atoms with E-state index in [1.807, 2.05) is 38.1 Å². The first-order chi connectivity index (χ1) is 12.1. The minimum absolute atomic E-state index is 0.231. The molecule has 1 amide bonds. The molecule has 1 heterocycles. The van der Waals surface area contributed by atoms with E-state index >= 15 is 0 Å². The molecule has 128 valence electrons. The first-order valence-electron chi connectivity index (χ1n) is 8.10. The van der Waals surface area contributed by atoms with E-state index in [2.05, 4.69) is 10.3 Å². The highest BCUT2D eigenvalue weighted by atomic mass is 19.1. The molecule has 25 heavy (non-hydrogen) atoms. The van der Waals surface area contributed by atoms with E-state index in [0.29, 0.717) is 13.1 Å². The lowest BCUT2D eigenvalue weighted by Crippen LogP contribution is -2.30. The Morgan fingerprint density at radius 1 is 1.20 bits per heavy atom. The minimum Gasteiger partial charge on any atom is -0.333 e. The van der Waals surface area contributed by atoms with E-state index < -0.39 is 0 Å². The van der Waals surface area contributed by atoms with Crippen LogP contribution in [0, 0.1) is 12.7 Å². The van der Waals surface area contributed by atoms with Crippen molar-refractivity contribution in [3.05, 3.63) is 77.4 Å². The van der Waals surface area contributed by atoms with Crippen LogP contribution in [-0.2, 0) is 6.54 Å². The number of halogens is 1. The average molecular weight is 338 g/mol. The molecule has 3 aromatic rings. The summed E-state index contributed by atoms with van der Waals surface area (Å²) in [6, 6.07) is 14.0. The van der Waals surface area contributed by atoms with E-state index in [9.17, 15) is 9.18 Å². The van der Waals surface area contributed by atoms with Gasteiger partial charge in [-0.1, -0.05) is 35.0 Å². The zero-order chi connectivity index (χ0) is 17.8. The third-order valence-electron chi connectivity index (χ3n) is 3.94. The van der Waals surface area contributed by atoms with Crippen LogP contribution >= 0.6 is 0 Å². The van der Waals surface area contributed by atoms with E-state index in [1.165, 1.54) is 12.1 Å². The van der Waals surface area contributed by atoms with Gasteiger partial charge < -0.3 is 4.90 Å². The van der Waals surface area contributed by atoms with Crippen molar-refractivity contribution < 1.29 is 9.18 Å². The second kappa shape index (κ2) is 7.25. The number of carbonyl (C=O) groups excluding carboxylic acids is 1. The first-order valence-corrected chi connectivity index (χ1v) is 8.10. The van der Waals surface area contributed by atoms with Gasteiger partial charge in [-0.15, -0.1) is 5.10 Å². The van der Waals surface area contributed by atoms with Crippen LogP contribution in [0.4, 0.5) is 4.39 Å². The molecule has 0 aliphatic rings. The number of carbonyl (C=O) groups is 1. The number of nitrogens with zero attached hydrogens (tertiary/aromatic N) is 4. The Kier molecular flexibility index (Phi) is 4.88. The molecular formula is C19H19FN4O. The lowest BCUT2D eigenvalue weighted by atomic mass is 10.2. The predicted octanol–water partition coefficient (Wildman–Crippen LogP) is 3.38. The summed E-state index contributed by atoms with van der Waals surface area (Å²) >= 11 is 0. The molecule has 1 aromatic heterocycles. The lowest BCUT2D eigenvalue weighted by Gasteiger charge is -2.19. The molecular weight excluding hydrogens is 319 g/mol. The van der Waals surface area contributed by atoms with Crippen molar-refractivity contribution in [2.45, 2.75) is 20.4 Å².